The van der Waals surface area contributed by atoms with Gasteiger partial charge in [0, 0.05) is 0 Å². The van der Waals surface area contributed by atoms with E-state index in [1.165, 1.54) is 0 Å². The van der Waals surface area contributed by atoms with Crippen molar-refractivity contribution in [2.45, 2.75) is 98.0 Å². The molecule has 0 aromatic heterocycles. The van der Waals surface area contributed by atoms with E-state index in [0.717, 1.165) is 0 Å². The first-order valence-electron chi connectivity index (χ1n) is 9.06. The largest absolute Gasteiger partial charge is 0.458 e. The summed E-state index contributed by atoms with van der Waals surface area (Å²) in [6.45, 7) is 18.8. The second-order valence-corrected chi connectivity index (χ2v) is 9.25. The second-order valence-electron chi connectivity index (χ2n) is 9.25. The number of nitrogens with zero attached hydrogens (tertiary/aromatic N) is 1. The number of amides is 2. The van der Waals surface area contributed by atoms with Crippen molar-refractivity contribution in [2.24, 2.45) is 0 Å². The minimum atomic E-state index is -1.19. The third kappa shape index (κ3) is 10.6. The molecule has 0 aliphatic heterocycles. The summed E-state index contributed by atoms with van der Waals surface area (Å²) in [7, 11) is 0. The maximum Gasteiger partial charge on any atom is 0.420 e. The zero-order valence-electron chi connectivity index (χ0n) is 18.2. The lowest BCUT2D eigenvalue weighted by molar-refractivity contribution is -0.161. The van der Waals surface area contributed by atoms with Crippen LogP contribution in [0.4, 0.5) is 9.59 Å². The van der Waals surface area contributed by atoms with E-state index in [-0.39, 0.29) is 6.42 Å². The van der Waals surface area contributed by atoms with Crippen LogP contribution in [0.2, 0.25) is 0 Å². The molecule has 0 heterocycles. The van der Waals surface area contributed by atoms with Crippen LogP contribution in [-0.2, 0) is 19.0 Å². The van der Waals surface area contributed by atoms with Gasteiger partial charge in [-0.2, -0.15) is 4.90 Å². The first-order chi connectivity index (χ1) is 12.0. The van der Waals surface area contributed by atoms with E-state index < -0.39 is 41.0 Å². The van der Waals surface area contributed by atoms with Crippen molar-refractivity contribution < 1.29 is 28.6 Å². The molecule has 0 aliphatic carbocycles. The lowest BCUT2D eigenvalue weighted by Gasteiger charge is -2.33. The summed E-state index contributed by atoms with van der Waals surface area (Å²) >= 11 is 0. The van der Waals surface area contributed by atoms with Crippen LogP contribution in [0.25, 0.3) is 0 Å². The third-order valence-electron chi connectivity index (χ3n) is 2.82. The van der Waals surface area contributed by atoms with Gasteiger partial charge >= 0.3 is 18.2 Å². The highest BCUT2D eigenvalue weighted by Gasteiger charge is 2.41. The molecule has 0 rings (SSSR count). The number of carbonyl (C=O) groups excluding carboxylic acids is 3. The van der Waals surface area contributed by atoms with Crippen molar-refractivity contribution in [3.63, 3.8) is 0 Å². The zero-order valence-corrected chi connectivity index (χ0v) is 18.2. The molecule has 0 aromatic rings. The predicted octanol–water partition coefficient (Wildman–Crippen LogP) is 4.84. The van der Waals surface area contributed by atoms with Crippen LogP contribution in [0.15, 0.2) is 12.7 Å². The molecule has 0 fully saturated rings. The Balaban J connectivity index is 5.93. The molecule has 0 bridgehead atoms. The number of allylic oxidation sites excluding steroid dienone is 1. The van der Waals surface area contributed by atoms with Gasteiger partial charge < -0.3 is 14.2 Å². The number of hydrogen-bond donors (Lipinski definition) is 0. The summed E-state index contributed by atoms with van der Waals surface area (Å²) < 4.78 is 16.1. The molecule has 7 nitrogen and oxygen atoms in total. The van der Waals surface area contributed by atoms with Crippen LogP contribution in [0.3, 0.4) is 0 Å². The van der Waals surface area contributed by atoms with Gasteiger partial charge in [-0.25, -0.2) is 14.4 Å². The van der Waals surface area contributed by atoms with E-state index in [9.17, 15) is 14.4 Å². The summed E-state index contributed by atoms with van der Waals surface area (Å²) in [5, 5.41) is 0. The predicted molar refractivity (Wildman–Crippen MR) is 103 cm³/mol. The first kappa shape index (κ1) is 24.9. The molecular formula is C20H35NO6. The average molecular weight is 386 g/mol. The fourth-order valence-electron chi connectivity index (χ4n) is 1.95. The van der Waals surface area contributed by atoms with Crippen molar-refractivity contribution in [2.75, 3.05) is 0 Å². The molecule has 0 aliphatic rings. The summed E-state index contributed by atoms with van der Waals surface area (Å²) in [6, 6.07) is -1.19. The molecule has 156 valence electrons. The fourth-order valence-corrected chi connectivity index (χ4v) is 1.95. The number of hydrogen-bond acceptors (Lipinski definition) is 6. The Hall–Kier alpha value is -2.05. The lowest BCUT2D eigenvalue weighted by Crippen LogP contribution is -2.53. The Morgan fingerprint density at radius 1 is 0.815 bits per heavy atom. The van der Waals surface area contributed by atoms with Crippen LogP contribution in [0.5, 0.6) is 0 Å². The van der Waals surface area contributed by atoms with E-state index in [4.69, 9.17) is 14.2 Å². The number of rotatable bonds is 5. The highest BCUT2D eigenvalue weighted by atomic mass is 16.6. The molecule has 27 heavy (non-hydrogen) atoms. The number of imide groups is 1. The first-order valence-corrected chi connectivity index (χ1v) is 9.06. The fraction of sp³-hybridized carbons (Fsp3) is 0.750. The van der Waals surface area contributed by atoms with E-state index in [2.05, 4.69) is 6.58 Å². The Labute approximate surface area is 163 Å². The highest BCUT2D eigenvalue weighted by Crippen LogP contribution is 2.21. The number of carbonyl (C=O) groups is 3. The van der Waals surface area contributed by atoms with Crippen LogP contribution in [-0.4, -0.2) is 45.9 Å². The Bertz CT molecular complexity index is 520. The number of esters is 1. The van der Waals surface area contributed by atoms with Gasteiger partial charge in [0.2, 0.25) is 0 Å². The molecule has 0 radical (unpaired) electrons. The van der Waals surface area contributed by atoms with Crippen molar-refractivity contribution in [1.29, 1.82) is 0 Å². The molecule has 0 saturated heterocycles. The Morgan fingerprint density at radius 2 is 1.19 bits per heavy atom. The highest BCUT2D eigenvalue weighted by molar-refractivity contribution is 5.94. The van der Waals surface area contributed by atoms with E-state index in [0.29, 0.717) is 11.3 Å². The van der Waals surface area contributed by atoms with E-state index >= 15 is 0 Å². The quantitative estimate of drug-likeness (QED) is 0.383. The lowest BCUT2D eigenvalue weighted by atomic mass is 10.1. The standard InChI is InChI=1S/C20H35NO6/c1-11-12-13-14(15(22)25-18(2,3)4)21(16(23)26-19(5,6)7)17(24)27-20(8,9)10/h11,14H,1,12-13H2,2-10H3/t14-/m0/s1. The molecule has 7 heteroatoms. The molecule has 0 aromatic carbocycles. The maximum absolute atomic E-state index is 12.7. The SMILES string of the molecule is C=CCC[C@@H](C(=O)OC(C)(C)C)N(C(=O)OC(C)(C)C)C(=O)OC(C)(C)C. The van der Waals surface area contributed by atoms with E-state index in [1.807, 2.05) is 0 Å². The van der Waals surface area contributed by atoms with Crippen LogP contribution >= 0.6 is 0 Å². The molecule has 1 atom stereocenters. The van der Waals surface area contributed by atoms with Gasteiger partial charge in [-0.3, -0.25) is 0 Å². The van der Waals surface area contributed by atoms with Gasteiger partial charge in [-0.1, -0.05) is 6.08 Å². The zero-order chi connectivity index (χ0) is 21.6. The van der Waals surface area contributed by atoms with Crippen molar-refractivity contribution in [1.82, 2.24) is 4.90 Å². The topological polar surface area (TPSA) is 82.1 Å². The van der Waals surface area contributed by atoms with Crippen LogP contribution < -0.4 is 0 Å². The molecule has 2 amide bonds. The van der Waals surface area contributed by atoms with Crippen molar-refractivity contribution in [3.8, 4) is 0 Å². The van der Waals surface area contributed by atoms with Crippen molar-refractivity contribution in [3.05, 3.63) is 12.7 Å². The van der Waals surface area contributed by atoms with Gasteiger partial charge in [0.1, 0.15) is 22.8 Å². The summed E-state index contributed by atoms with van der Waals surface area (Å²) in [6.07, 6.45) is 0.219. The number of ether oxygens (including phenoxy) is 3. The van der Waals surface area contributed by atoms with Gasteiger partial charge in [-0.15, -0.1) is 6.58 Å². The molecule has 0 N–H and O–H groups in total. The monoisotopic (exact) mass is 385 g/mol. The Kier molecular flexibility index (Phi) is 8.54. The van der Waals surface area contributed by atoms with Crippen molar-refractivity contribution >= 4 is 18.2 Å². The molecular weight excluding hydrogens is 350 g/mol. The molecule has 0 spiro atoms. The van der Waals surface area contributed by atoms with Crippen LogP contribution in [0.1, 0.15) is 75.2 Å². The van der Waals surface area contributed by atoms with E-state index in [1.54, 1.807) is 68.4 Å². The molecule has 0 unspecified atom stereocenters. The van der Waals surface area contributed by atoms with Crippen LogP contribution in [0, 0.1) is 0 Å². The summed E-state index contributed by atoms with van der Waals surface area (Å²) in [5.74, 6) is -0.707. The maximum atomic E-state index is 12.7. The van der Waals surface area contributed by atoms with Gasteiger partial charge in [0.05, 0.1) is 0 Å². The normalized spacial score (nSPS) is 13.4. The summed E-state index contributed by atoms with van der Waals surface area (Å²) in [4.78, 5) is 38.9. The van der Waals surface area contributed by atoms with Gasteiger partial charge in [-0.05, 0) is 75.2 Å². The Morgan fingerprint density at radius 3 is 1.48 bits per heavy atom. The average Bonchev–Trinajstić information content (AvgIpc) is 2.36. The summed E-state index contributed by atoms with van der Waals surface area (Å²) in [5.41, 5.74) is -2.49. The third-order valence-corrected chi connectivity index (χ3v) is 2.82. The smallest absolute Gasteiger partial charge is 0.420 e. The van der Waals surface area contributed by atoms with Gasteiger partial charge in [0.25, 0.3) is 0 Å². The second kappa shape index (κ2) is 9.24. The molecule has 0 saturated carbocycles. The minimum Gasteiger partial charge on any atom is -0.458 e. The van der Waals surface area contributed by atoms with Gasteiger partial charge in [0.15, 0.2) is 0 Å². The minimum absolute atomic E-state index is 0.150.